The van der Waals surface area contributed by atoms with E-state index < -0.39 is 0 Å². The molecule has 1 saturated heterocycles. The van der Waals surface area contributed by atoms with Gasteiger partial charge in [-0.1, -0.05) is 6.92 Å². The Kier molecular flexibility index (Phi) is 11.2. The molecule has 0 aromatic carbocycles. The Bertz CT molecular complexity index is 542. The molecule has 1 aromatic heterocycles. The van der Waals surface area contributed by atoms with Crippen LogP contribution in [0.15, 0.2) is 11.1 Å². The summed E-state index contributed by atoms with van der Waals surface area (Å²) in [5.74, 6) is 1.76. The standard InChI is InChI=1S/C19H36N6.HI/c1-16-8-5-11-24(15-16)12-6-9-21-19(20-4)22-10-7-13-25-18(3)14-17(2)23-25;/h14,16H,5-13,15H2,1-4H3,(H2,20,21,22);1H. The molecule has 0 spiro atoms. The molecule has 2 heterocycles. The monoisotopic (exact) mass is 476 g/mol. The van der Waals surface area contributed by atoms with Crippen molar-refractivity contribution in [2.75, 3.05) is 39.8 Å². The average Bonchev–Trinajstić information content (AvgIpc) is 2.91. The molecule has 150 valence electrons. The minimum Gasteiger partial charge on any atom is -0.356 e. The van der Waals surface area contributed by atoms with Crippen LogP contribution >= 0.6 is 24.0 Å². The molecule has 1 fully saturated rings. The highest BCUT2D eigenvalue weighted by Gasteiger charge is 2.15. The van der Waals surface area contributed by atoms with Crippen LogP contribution in [-0.4, -0.2) is 60.4 Å². The first kappa shape index (κ1) is 23.2. The zero-order chi connectivity index (χ0) is 18.1. The van der Waals surface area contributed by atoms with Crippen LogP contribution in [0.5, 0.6) is 0 Å². The Labute approximate surface area is 176 Å². The highest BCUT2D eigenvalue weighted by molar-refractivity contribution is 14.0. The molecule has 1 aromatic rings. The minimum atomic E-state index is 0. The summed E-state index contributed by atoms with van der Waals surface area (Å²) in [4.78, 5) is 6.91. The van der Waals surface area contributed by atoms with Crippen LogP contribution in [0.25, 0.3) is 0 Å². The van der Waals surface area contributed by atoms with Crippen LogP contribution in [0.4, 0.5) is 0 Å². The molecular weight excluding hydrogens is 439 g/mol. The summed E-state index contributed by atoms with van der Waals surface area (Å²) in [5.41, 5.74) is 2.32. The molecule has 1 aliphatic heterocycles. The van der Waals surface area contributed by atoms with E-state index in [-0.39, 0.29) is 24.0 Å². The second kappa shape index (κ2) is 12.5. The maximum Gasteiger partial charge on any atom is 0.190 e. The van der Waals surface area contributed by atoms with Crippen molar-refractivity contribution in [3.05, 3.63) is 17.5 Å². The maximum atomic E-state index is 4.50. The van der Waals surface area contributed by atoms with Gasteiger partial charge >= 0.3 is 0 Å². The van der Waals surface area contributed by atoms with E-state index in [1.54, 1.807) is 0 Å². The topological polar surface area (TPSA) is 57.5 Å². The molecule has 2 N–H and O–H groups in total. The van der Waals surface area contributed by atoms with Crippen molar-refractivity contribution in [3.8, 4) is 0 Å². The largest absolute Gasteiger partial charge is 0.356 e. The molecule has 1 unspecified atom stereocenters. The van der Waals surface area contributed by atoms with E-state index in [4.69, 9.17) is 0 Å². The van der Waals surface area contributed by atoms with Gasteiger partial charge in [-0.05, 0) is 64.6 Å². The van der Waals surface area contributed by atoms with E-state index in [0.29, 0.717) is 0 Å². The number of aliphatic imine (C=N–C) groups is 1. The zero-order valence-corrected chi connectivity index (χ0v) is 19.3. The van der Waals surface area contributed by atoms with E-state index >= 15 is 0 Å². The summed E-state index contributed by atoms with van der Waals surface area (Å²) in [7, 11) is 1.84. The molecule has 0 aliphatic carbocycles. The Morgan fingerprint density at radius 2 is 1.92 bits per heavy atom. The highest BCUT2D eigenvalue weighted by Crippen LogP contribution is 2.15. The number of halogens is 1. The lowest BCUT2D eigenvalue weighted by Crippen LogP contribution is -2.40. The molecule has 0 bridgehead atoms. The first-order valence-corrected chi connectivity index (χ1v) is 9.76. The normalized spacial score (nSPS) is 18.5. The van der Waals surface area contributed by atoms with Gasteiger partial charge in [0, 0.05) is 38.9 Å². The number of nitrogens with one attached hydrogen (secondary N) is 2. The van der Waals surface area contributed by atoms with Crippen LogP contribution in [0.3, 0.4) is 0 Å². The van der Waals surface area contributed by atoms with Gasteiger partial charge in [-0.25, -0.2) is 0 Å². The van der Waals surface area contributed by atoms with Gasteiger partial charge in [-0.15, -0.1) is 24.0 Å². The second-order valence-corrected chi connectivity index (χ2v) is 7.33. The van der Waals surface area contributed by atoms with Gasteiger partial charge in [0.25, 0.3) is 0 Å². The summed E-state index contributed by atoms with van der Waals surface area (Å²) in [6, 6.07) is 2.12. The Morgan fingerprint density at radius 3 is 2.50 bits per heavy atom. The average molecular weight is 476 g/mol. The van der Waals surface area contributed by atoms with Crippen LogP contribution in [-0.2, 0) is 6.54 Å². The predicted molar refractivity (Wildman–Crippen MR) is 121 cm³/mol. The van der Waals surface area contributed by atoms with Crippen molar-refractivity contribution in [3.63, 3.8) is 0 Å². The first-order chi connectivity index (χ1) is 12.1. The molecule has 2 rings (SSSR count). The van der Waals surface area contributed by atoms with Crippen molar-refractivity contribution in [2.24, 2.45) is 10.9 Å². The number of rotatable bonds is 8. The number of hydrogen-bond acceptors (Lipinski definition) is 3. The van der Waals surface area contributed by atoms with E-state index in [2.05, 4.69) is 50.2 Å². The number of aryl methyl sites for hydroxylation is 3. The number of guanidine groups is 1. The fourth-order valence-electron chi connectivity index (χ4n) is 3.56. The lowest BCUT2D eigenvalue weighted by molar-refractivity contribution is 0.182. The molecule has 6 nitrogen and oxygen atoms in total. The fourth-order valence-corrected chi connectivity index (χ4v) is 3.56. The summed E-state index contributed by atoms with van der Waals surface area (Å²) in [5, 5.41) is 11.3. The SMILES string of the molecule is CN=C(NCCCN1CCCC(C)C1)NCCCn1nc(C)cc1C.I. The Morgan fingerprint density at radius 1 is 1.23 bits per heavy atom. The van der Waals surface area contributed by atoms with Crippen LogP contribution in [0.2, 0.25) is 0 Å². The number of aromatic nitrogens is 2. The van der Waals surface area contributed by atoms with Gasteiger partial charge in [0.2, 0.25) is 0 Å². The van der Waals surface area contributed by atoms with Gasteiger partial charge in [0.1, 0.15) is 0 Å². The van der Waals surface area contributed by atoms with Crippen LogP contribution < -0.4 is 10.6 Å². The van der Waals surface area contributed by atoms with E-state index in [1.807, 2.05) is 14.0 Å². The summed E-state index contributed by atoms with van der Waals surface area (Å²) < 4.78 is 2.08. The van der Waals surface area contributed by atoms with Gasteiger partial charge < -0.3 is 15.5 Å². The maximum absolute atomic E-state index is 4.50. The number of nitrogens with zero attached hydrogens (tertiary/aromatic N) is 4. The van der Waals surface area contributed by atoms with E-state index in [0.717, 1.165) is 43.6 Å². The number of piperidine rings is 1. The van der Waals surface area contributed by atoms with Gasteiger partial charge in [-0.2, -0.15) is 5.10 Å². The molecule has 0 amide bonds. The number of likely N-dealkylation sites (tertiary alicyclic amines) is 1. The molecule has 1 atom stereocenters. The summed E-state index contributed by atoms with van der Waals surface area (Å²) in [6.45, 7) is 13.0. The molecule has 1 aliphatic rings. The smallest absolute Gasteiger partial charge is 0.190 e. The van der Waals surface area contributed by atoms with Crippen molar-refractivity contribution in [1.82, 2.24) is 25.3 Å². The quantitative estimate of drug-likeness (QED) is 0.262. The van der Waals surface area contributed by atoms with Crippen molar-refractivity contribution in [2.45, 2.75) is 53.0 Å². The minimum absolute atomic E-state index is 0. The molecule has 0 radical (unpaired) electrons. The third-order valence-corrected chi connectivity index (χ3v) is 4.85. The third kappa shape index (κ3) is 8.24. The van der Waals surface area contributed by atoms with Crippen LogP contribution in [0, 0.1) is 19.8 Å². The van der Waals surface area contributed by atoms with Gasteiger partial charge in [-0.3, -0.25) is 9.67 Å². The third-order valence-electron chi connectivity index (χ3n) is 4.85. The van der Waals surface area contributed by atoms with Crippen molar-refractivity contribution < 1.29 is 0 Å². The number of hydrogen-bond donors (Lipinski definition) is 2. The fraction of sp³-hybridized carbons (Fsp3) is 0.789. The molecular formula is C19H37IN6. The zero-order valence-electron chi connectivity index (χ0n) is 16.9. The van der Waals surface area contributed by atoms with Crippen molar-refractivity contribution in [1.29, 1.82) is 0 Å². The lowest BCUT2D eigenvalue weighted by Gasteiger charge is -2.30. The Hall–Kier alpha value is -0.830. The Balaban J connectivity index is 0.00000338. The molecule has 26 heavy (non-hydrogen) atoms. The lowest BCUT2D eigenvalue weighted by atomic mass is 10.0. The first-order valence-electron chi connectivity index (χ1n) is 9.76. The summed E-state index contributed by atoms with van der Waals surface area (Å²) in [6.07, 6.45) is 4.95. The second-order valence-electron chi connectivity index (χ2n) is 7.33. The van der Waals surface area contributed by atoms with E-state index in [9.17, 15) is 0 Å². The van der Waals surface area contributed by atoms with Crippen molar-refractivity contribution >= 4 is 29.9 Å². The van der Waals surface area contributed by atoms with Crippen LogP contribution in [0.1, 0.15) is 44.0 Å². The van der Waals surface area contributed by atoms with E-state index in [1.165, 1.54) is 44.6 Å². The predicted octanol–water partition coefficient (Wildman–Crippen LogP) is 2.80. The van der Waals surface area contributed by atoms with Gasteiger partial charge in [0.05, 0.1) is 5.69 Å². The summed E-state index contributed by atoms with van der Waals surface area (Å²) >= 11 is 0. The molecule has 7 heteroatoms. The highest BCUT2D eigenvalue weighted by atomic mass is 127. The molecule has 0 saturated carbocycles. The van der Waals surface area contributed by atoms with Gasteiger partial charge in [0.15, 0.2) is 5.96 Å².